The summed E-state index contributed by atoms with van der Waals surface area (Å²) in [6, 6.07) is 5.83. The molecule has 3 nitrogen and oxygen atoms in total. The molecule has 0 amide bonds. The highest BCUT2D eigenvalue weighted by Gasteiger charge is 2.59. The van der Waals surface area contributed by atoms with Crippen LogP contribution in [0.25, 0.3) is 0 Å². The molecule has 0 bridgehead atoms. The Labute approximate surface area is 111 Å². The van der Waals surface area contributed by atoms with Gasteiger partial charge in [-0.05, 0) is 17.7 Å². The number of benzene rings is 1. The van der Waals surface area contributed by atoms with Gasteiger partial charge in [-0.3, -0.25) is 0 Å². The second-order valence-electron chi connectivity index (χ2n) is 4.42. The third kappa shape index (κ3) is 2.27. The van der Waals surface area contributed by atoms with Gasteiger partial charge < -0.3 is 5.73 Å². The maximum Gasteiger partial charge on any atom is 0.154 e. The molecule has 1 fully saturated rings. The molecule has 2 rings (SSSR count). The summed E-state index contributed by atoms with van der Waals surface area (Å²) in [6.45, 7) is 1.60. The lowest BCUT2D eigenvalue weighted by atomic mass is 10.1. The Morgan fingerprint density at radius 3 is 2.39 bits per heavy atom. The predicted molar refractivity (Wildman–Crippen MR) is 72.7 cm³/mol. The van der Waals surface area contributed by atoms with Crippen LogP contribution in [0.5, 0.6) is 0 Å². The summed E-state index contributed by atoms with van der Waals surface area (Å²) in [4.78, 5) is 0.214. The lowest BCUT2D eigenvalue weighted by Crippen LogP contribution is -2.18. The van der Waals surface area contributed by atoms with Gasteiger partial charge >= 0.3 is 0 Å². The van der Waals surface area contributed by atoms with Crippen molar-refractivity contribution >= 4 is 27.0 Å². The van der Waals surface area contributed by atoms with Crippen LogP contribution in [0, 0.1) is 11.7 Å². The molecule has 0 saturated heterocycles. The molecule has 0 aromatic heterocycles. The molecule has 3 unspecified atom stereocenters. The lowest BCUT2D eigenvalue weighted by Gasteiger charge is -2.00. The molecular weight excluding hydrogens is 273 g/mol. The predicted octanol–water partition coefficient (Wildman–Crippen LogP) is 1.63. The van der Waals surface area contributed by atoms with Crippen molar-refractivity contribution in [2.45, 2.75) is 18.1 Å². The number of hydrogen-bond donors (Lipinski definition) is 1. The van der Waals surface area contributed by atoms with Crippen molar-refractivity contribution in [1.82, 2.24) is 0 Å². The summed E-state index contributed by atoms with van der Waals surface area (Å²) in [7, 11) is -3.19. The van der Waals surface area contributed by atoms with Crippen molar-refractivity contribution < 1.29 is 12.8 Å². The van der Waals surface area contributed by atoms with Gasteiger partial charge in [-0.15, -0.1) is 0 Å². The second-order valence-corrected chi connectivity index (χ2v) is 7.34. The fourth-order valence-corrected chi connectivity index (χ4v) is 4.55. The first-order valence-electron chi connectivity index (χ1n) is 5.65. The van der Waals surface area contributed by atoms with E-state index in [1.165, 1.54) is 12.1 Å². The van der Waals surface area contributed by atoms with Gasteiger partial charge in [-0.2, -0.15) is 0 Å². The van der Waals surface area contributed by atoms with Crippen LogP contribution in [0.4, 0.5) is 4.39 Å². The van der Waals surface area contributed by atoms with Crippen LogP contribution in [0.3, 0.4) is 0 Å². The Bertz CT molecular complexity index is 568. The molecule has 0 spiro atoms. The summed E-state index contributed by atoms with van der Waals surface area (Å²) < 4.78 is 36.7. The molecule has 1 aromatic rings. The van der Waals surface area contributed by atoms with Gasteiger partial charge in [0.1, 0.15) is 5.82 Å². The smallest absolute Gasteiger partial charge is 0.154 e. The van der Waals surface area contributed by atoms with Crippen LogP contribution >= 0.6 is 12.2 Å². The van der Waals surface area contributed by atoms with Crippen LogP contribution in [-0.4, -0.2) is 24.4 Å². The maximum atomic E-state index is 12.9. The van der Waals surface area contributed by atoms with E-state index >= 15 is 0 Å². The Morgan fingerprint density at radius 1 is 1.39 bits per heavy atom. The standard InChI is InChI=1S/C12H14FNO2S2/c1-2-18(15,16)11-9(10(11)12(14)17)7-3-5-8(13)6-4-7/h3-6,9-11H,2H2,1H3,(H2,14,17). The van der Waals surface area contributed by atoms with E-state index in [0.717, 1.165) is 5.56 Å². The molecule has 3 atom stereocenters. The SMILES string of the molecule is CCS(=O)(=O)C1C(C(N)=S)C1c1ccc(F)cc1. The summed E-state index contributed by atoms with van der Waals surface area (Å²) in [5.74, 6) is -0.835. The zero-order valence-electron chi connectivity index (χ0n) is 9.84. The number of halogens is 1. The Hall–Kier alpha value is -1.01. The Morgan fingerprint density at radius 2 is 1.94 bits per heavy atom. The molecular formula is C12H14FNO2S2. The number of nitrogens with two attached hydrogens (primary N) is 1. The fourth-order valence-electron chi connectivity index (χ4n) is 2.34. The third-order valence-corrected chi connectivity index (χ3v) is 5.85. The quantitative estimate of drug-likeness (QED) is 0.855. The molecule has 0 radical (unpaired) electrons. The van der Waals surface area contributed by atoms with E-state index in [0.29, 0.717) is 0 Å². The van der Waals surface area contributed by atoms with Crippen LogP contribution in [0.2, 0.25) is 0 Å². The fraction of sp³-hybridized carbons (Fsp3) is 0.417. The topological polar surface area (TPSA) is 60.2 Å². The van der Waals surface area contributed by atoms with Crippen molar-refractivity contribution in [3.05, 3.63) is 35.6 Å². The van der Waals surface area contributed by atoms with Gasteiger partial charge in [0.05, 0.1) is 10.2 Å². The van der Waals surface area contributed by atoms with E-state index in [4.69, 9.17) is 18.0 Å². The van der Waals surface area contributed by atoms with Crippen LogP contribution in [0.1, 0.15) is 18.4 Å². The molecule has 6 heteroatoms. The van der Waals surface area contributed by atoms with Gasteiger partial charge in [0.2, 0.25) is 0 Å². The molecule has 98 valence electrons. The summed E-state index contributed by atoms with van der Waals surface area (Å²) in [6.07, 6.45) is 0. The van der Waals surface area contributed by atoms with E-state index < -0.39 is 15.1 Å². The van der Waals surface area contributed by atoms with Crippen LogP contribution in [-0.2, 0) is 9.84 Å². The van der Waals surface area contributed by atoms with Gasteiger partial charge in [0.25, 0.3) is 0 Å². The average molecular weight is 287 g/mol. The third-order valence-electron chi connectivity index (χ3n) is 3.35. The van der Waals surface area contributed by atoms with Crippen LogP contribution in [0.15, 0.2) is 24.3 Å². The van der Waals surface area contributed by atoms with E-state index in [2.05, 4.69) is 0 Å². The number of rotatable bonds is 4. The van der Waals surface area contributed by atoms with Crippen molar-refractivity contribution in [1.29, 1.82) is 0 Å². The molecule has 18 heavy (non-hydrogen) atoms. The van der Waals surface area contributed by atoms with E-state index in [1.807, 2.05) is 0 Å². The van der Waals surface area contributed by atoms with Crippen LogP contribution < -0.4 is 5.73 Å². The van der Waals surface area contributed by atoms with Gasteiger partial charge in [-0.25, -0.2) is 12.8 Å². The zero-order valence-corrected chi connectivity index (χ0v) is 11.5. The first-order chi connectivity index (χ1) is 8.38. The van der Waals surface area contributed by atoms with Gasteiger partial charge in [0, 0.05) is 17.6 Å². The van der Waals surface area contributed by atoms with Crippen molar-refractivity contribution in [2.24, 2.45) is 11.7 Å². The molecule has 1 aromatic carbocycles. The molecule has 0 heterocycles. The molecule has 1 aliphatic rings. The highest BCUT2D eigenvalue weighted by molar-refractivity contribution is 7.92. The van der Waals surface area contributed by atoms with E-state index in [-0.39, 0.29) is 28.4 Å². The van der Waals surface area contributed by atoms with Gasteiger partial charge in [0.15, 0.2) is 9.84 Å². The summed E-state index contributed by atoms with van der Waals surface area (Å²) >= 11 is 4.92. The maximum absolute atomic E-state index is 12.9. The number of sulfone groups is 1. The first kappa shape index (κ1) is 13.4. The second kappa shape index (κ2) is 4.59. The minimum atomic E-state index is -3.19. The van der Waals surface area contributed by atoms with Crippen molar-refractivity contribution in [3.8, 4) is 0 Å². The highest BCUT2D eigenvalue weighted by atomic mass is 32.2. The summed E-state index contributed by atoms with van der Waals surface area (Å²) in [5, 5.41) is -0.550. The van der Waals surface area contributed by atoms with E-state index in [9.17, 15) is 12.8 Å². The molecule has 0 aliphatic heterocycles. The Balaban J connectivity index is 2.33. The monoisotopic (exact) mass is 287 g/mol. The molecule has 2 N–H and O–H groups in total. The number of thiocarbonyl (C=S) groups is 1. The normalized spacial score (nSPS) is 26.9. The molecule has 1 saturated carbocycles. The van der Waals surface area contributed by atoms with Crippen molar-refractivity contribution in [3.63, 3.8) is 0 Å². The molecule has 1 aliphatic carbocycles. The highest BCUT2D eigenvalue weighted by Crippen LogP contribution is 2.52. The zero-order chi connectivity index (χ0) is 13.5. The lowest BCUT2D eigenvalue weighted by molar-refractivity contribution is 0.594. The first-order valence-corrected chi connectivity index (χ1v) is 7.77. The minimum absolute atomic E-state index is 0.0640. The Kier molecular flexibility index (Phi) is 3.42. The van der Waals surface area contributed by atoms with Gasteiger partial charge in [-0.1, -0.05) is 31.3 Å². The van der Waals surface area contributed by atoms with E-state index in [1.54, 1.807) is 19.1 Å². The number of hydrogen-bond acceptors (Lipinski definition) is 3. The van der Waals surface area contributed by atoms with Crippen molar-refractivity contribution in [2.75, 3.05) is 5.75 Å². The average Bonchev–Trinajstić information content (AvgIpc) is 3.06. The minimum Gasteiger partial charge on any atom is -0.393 e. The summed E-state index contributed by atoms with van der Waals surface area (Å²) in [5.41, 5.74) is 6.36. The largest absolute Gasteiger partial charge is 0.393 e.